The van der Waals surface area contributed by atoms with E-state index in [9.17, 15) is 5.26 Å². The molecule has 0 saturated heterocycles. The standard InChI is InChI=1S/C18H18N2/c1-14-7-2-5-11-17(14)20-18(13-19)12-6-9-15-8-3-4-10-16(15)18/h2-5,7-8,10-11,20H,6,9,12H2,1H3. The van der Waals surface area contributed by atoms with Crippen LogP contribution >= 0.6 is 0 Å². The highest BCUT2D eigenvalue weighted by molar-refractivity contribution is 5.57. The highest BCUT2D eigenvalue weighted by Gasteiger charge is 2.36. The Morgan fingerprint density at radius 1 is 1.10 bits per heavy atom. The SMILES string of the molecule is Cc1ccccc1NC1(C#N)CCCc2ccccc21. The van der Waals surface area contributed by atoms with Crippen molar-refractivity contribution in [3.05, 3.63) is 65.2 Å². The Morgan fingerprint density at radius 2 is 1.85 bits per heavy atom. The van der Waals surface area contributed by atoms with Crippen LogP contribution in [0.4, 0.5) is 5.69 Å². The van der Waals surface area contributed by atoms with Gasteiger partial charge in [0.15, 0.2) is 5.54 Å². The molecule has 2 aromatic carbocycles. The summed E-state index contributed by atoms with van der Waals surface area (Å²) in [7, 11) is 0. The lowest BCUT2D eigenvalue weighted by Gasteiger charge is -2.35. The van der Waals surface area contributed by atoms with Gasteiger partial charge in [0, 0.05) is 5.69 Å². The van der Waals surface area contributed by atoms with E-state index < -0.39 is 5.54 Å². The molecular weight excluding hydrogens is 244 g/mol. The molecule has 0 spiro atoms. The Morgan fingerprint density at radius 3 is 2.65 bits per heavy atom. The fraction of sp³-hybridized carbons (Fsp3) is 0.278. The number of hydrogen-bond acceptors (Lipinski definition) is 2. The first-order chi connectivity index (χ1) is 9.75. The van der Waals surface area contributed by atoms with E-state index in [1.54, 1.807) is 0 Å². The molecule has 1 aliphatic carbocycles. The Balaban J connectivity index is 2.06. The third-order valence-electron chi connectivity index (χ3n) is 4.16. The second-order valence-corrected chi connectivity index (χ2v) is 5.47. The first kappa shape index (κ1) is 12.7. The summed E-state index contributed by atoms with van der Waals surface area (Å²) in [5.41, 5.74) is 4.05. The summed E-state index contributed by atoms with van der Waals surface area (Å²) < 4.78 is 0. The molecule has 1 aliphatic rings. The Labute approximate surface area is 120 Å². The third kappa shape index (κ3) is 2.06. The summed E-state index contributed by atoms with van der Waals surface area (Å²) in [6, 6.07) is 19.0. The van der Waals surface area contributed by atoms with Gasteiger partial charge in [0.25, 0.3) is 0 Å². The van der Waals surface area contributed by atoms with E-state index >= 15 is 0 Å². The van der Waals surface area contributed by atoms with E-state index in [4.69, 9.17) is 0 Å². The molecule has 2 heteroatoms. The number of nitrogens with zero attached hydrogens (tertiary/aromatic N) is 1. The number of benzene rings is 2. The average Bonchev–Trinajstić information content (AvgIpc) is 2.50. The number of aryl methyl sites for hydroxylation is 2. The lowest BCUT2D eigenvalue weighted by molar-refractivity contribution is 0.504. The number of hydrogen-bond donors (Lipinski definition) is 1. The monoisotopic (exact) mass is 262 g/mol. The van der Waals surface area contributed by atoms with Gasteiger partial charge < -0.3 is 5.32 Å². The van der Waals surface area contributed by atoms with Crippen molar-refractivity contribution in [1.29, 1.82) is 5.26 Å². The van der Waals surface area contributed by atoms with Gasteiger partial charge in [0.2, 0.25) is 0 Å². The zero-order valence-electron chi connectivity index (χ0n) is 11.7. The van der Waals surface area contributed by atoms with Gasteiger partial charge in [-0.15, -0.1) is 0 Å². The quantitative estimate of drug-likeness (QED) is 0.882. The van der Waals surface area contributed by atoms with Crippen LogP contribution in [0.3, 0.4) is 0 Å². The van der Waals surface area contributed by atoms with Crippen LogP contribution in [-0.2, 0) is 12.0 Å². The molecule has 2 nitrogen and oxygen atoms in total. The van der Waals surface area contributed by atoms with Crippen molar-refractivity contribution < 1.29 is 0 Å². The van der Waals surface area contributed by atoms with Crippen LogP contribution in [0.25, 0.3) is 0 Å². The summed E-state index contributed by atoms with van der Waals surface area (Å²) >= 11 is 0. The molecule has 0 aliphatic heterocycles. The minimum atomic E-state index is -0.596. The zero-order valence-corrected chi connectivity index (χ0v) is 11.7. The van der Waals surface area contributed by atoms with E-state index in [0.29, 0.717) is 0 Å². The molecule has 0 amide bonds. The molecule has 0 saturated carbocycles. The lowest BCUT2D eigenvalue weighted by atomic mass is 9.77. The van der Waals surface area contributed by atoms with Gasteiger partial charge in [0.05, 0.1) is 6.07 Å². The number of anilines is 1. The summed E-state index contributed by atoms with van der Waals surface area (Å²) in [4.78, 5) is 0. The molecule has 1 unspecified atom stereocenters. The van der Waals surface area contributed by atoms with Crippen LogP contribution in [0.5, 0.6) is 0 Å². The van der Waals surface area contributed by atoms with Crippen LogP contribution in [0.1, 0.15) is 29.5 Å². The average molecular weight is 262 g/mol. The van der Waals surface area contributed by atoms with Crippen LogP contribution in [0, 0.1) is 18.3 Å². The topological polar surface area (TPSA) is 35.8 Å². The van der Waals surface area contributed by atoms with Crippen LogP contribution in [0.15, 0.2) is 48.5 Å². The highest BCUT2D eigenvalue weighted by atomic mass is 15.0. The zero-order chi connectivity index (χ0) is 14.0. The molecule has 0 aromatic heterocycles. The van der Waals surface area contributed by atoms with Crippen molar-refractivity contribution in [3.63, 3.8) is 0 Å². The molecular formula is C18H18N2. The fourth-order valence-electron chi connectivity index (χ4n) is 3.05. The maximum atomic E-state index is 9.83. The molecule has 3 rings (SSSR count). The minimum Gasteiger partial charge on any atom is -0.363 e. The van der Waals surface area contributed by atoms with E-state index in [1.165, 1.54) is 11.1 Å². The predicted octanol–water partition coefficient (Wildman–Crippen LogP) is 4.16. The Bertz CT molecular complexity index is 669. The number of fused-ring (bicyclic) bond motifs is 1. The highest BCUT2D eigenvalue weighted by Crippen LogP contribution is 2.38. The van der Waals surface area contributed by atoms with Crippen molar-refractivity contribution in [3.8, 4) is 6.07 Å². The maximum absolute atomic E-state index is 9.83. The van der Waals surface area contributed by atoms with E-state index in [1.807, 2.05) is 24.3 Å². The van der Waals surface area contributed by atoms with Crippen molar-refractivity contribution in [2.45, 2.75) is 31.7 Å². The summed E-state index contributed by atoms with van der Waals surface area (Å²) in [6.45, 7) is 2.07. The van der Waals surface area contributed by atoms with Gasteiger partial charge in [-0.25, -0.2) is 0 Å². The minimum absolute atomic E-state index is 0.596. The smallest absolute Gasteiger partial charge is 0.151 e. The van der Waals surface area contributed by atoms with Crippen molar-refractivity contribution in [2.75, 3.05) is 5.32 Å². The second-order valence-electron chi connectivity index (χ2n) is 5.47. The van der Waals surface area contributed by atoms with Crippen molar-refractivity contribution in [2.24, 2.45) is 0 Å². The molecule has 20 heavy (non-hydrogen) atoms. The second kappa shape index (κ2) is 5.02. The van der Waals surface area contributed by atoms with Crippen LogP contribution < -0.4 is 5.32 Å². The summed E-state index contributed by atoms with van der Waals surface area (Å²) in [5, 5.41) is 13.3. The van der Waals surface area contributed by atoms with Gasteiger partial charge in [-0.3, -0.25) is 0 Å². The predicted molar refractivity (Wildman–Crippen MR) is 81.5 cm³/mol. The van der Waals surface area contributed by atoms with Gasteiger partial charge in [-0.2, -0.15) is 5.26 Å². The lowest BCUT2D eigenvalue weighted by Crippen LogP contribution is -2.37. The molecule has 1 N–H and O–H groups in total. The van der Waals surface area contributed by atoms with Crippen LogP contribution in [0.2, 0.25) is 0 Å². The molecule has 1 atom stereocenters. The number of nitriles is 1. The maximum Gasteiger partial charge on any atom is 0.151 e. The Hall–Kier alpha value is -2.27. The van der Waals surface area contributed by atoms with Gasteiger partial charge in [-0.1, -0.05) is 42.5 Å². The normalized spacial score (nSPS) is 20.8. The molecule has 0 bridgehead atoms. The summed E-state index contributed by atoms with van der Waals surface area (Å²) in [6.07, 6.45) is 2.97. The number of para-hydroxylation sites is 1. The molecule has 0 fully saturated rings. The van der Waals surface area contributed by atoms with Gasteiger partial charge in [-0.05, 0) is 48.9 Å². The Kier molecular flexibility index (Phi) is 3.20. The number of nitrogens with one attached hydrogen (secondary N) is 1. The van der Waals surface area contributed by atoms with Crippen molar-refractivity contribution in [1.82, 2.24) is 0 Å². The summed E-state index contributed by atoms with van der Waals surface area (Å²) in [5.74, 6) is 0. The molecule has 2 aromatic rings. The fourth-order valence-corrected chi connectivity index (χ4v) is 3.05. The number of rotatable bonds is 2. The third-order valence-corrected chi connectivity index (χ3v) is 4.16. The van der Waals surface area contributed by atoms with Gasteiger partial charge in [0.1, 0.15) is 0 Å². The molecule has 0 radical (unpaired) electrons. The van der Waals surface area contributed by atoms with Gasteiger partial charge >= 0.3 is 0 Å². The van der Waals surface area contributed by atoms with Crippen LogP contribution in [-0.4, -0.2) is 0 Å². The molecule has 0 heterocycles. The van der Waals surface area contributed by atoms with E-state index in [-0.39, 0.29) is 0 Å². The van der Waals surface area contributed by atoms with E-state index in [2.05, 4.69) is 42.6 Å². The largest absolute Gasteiger partial charge is 0.363 e. The molecule has 100 valence electrons. The first-order valence-electron chi connectivity index (χ1n) is 7.09. The first-order valence-corrected chi connectivity index (χ1v) is 7.09. The van der Waals surface area contributed by atoms with E-state index in [0.717, 1.165) is 30.5 Å². The van der Waals surface area contributed by atoms with Crippen molar-refractivity contribution >= 4 is 5.69 Å².